The van der Waals surface area contributed by atoms with Crippen molar-refractivity contribution in [3.05, 3.63) is 11.1 Å². The molecule has 100 valence electrons. The maximum absolute atomic E-state index is 10.9. The third kappa shape index (κ3) is 3.76. The van der Waals surface area contributed by atoms with Crippen molar-refractivity contribution in [2.75, 3.05) is 25.5 Å². The summed E-state index contributed by atoms with van der Waals surface area (Å²) in [5.41, 5.74) is 1.03. The molecule has 1 fully saturated rings. The fourth-order valence-electron chi connectivity index (χ4n) is 2.22. The summed E-state index contributed by atoms with van der Waals surface area (Å²) in [6, 6.07) is 0.636. The first-order chi connectivity index (χ1) is 8.65. The summed E-state index contributed by atoms with van der Waals surface area (Å²) in [6.45, 7) is 4.55. The summed E-state index contributed by atoms with van der Waals surface area (Å²) in [5, 5.41) is 8.80. The van der Waals surface area contributed by atoms with Gasteiger partial charge in [-0.15, -0.1) is 11.3 Å². The van der Waals surface area contributed by atoms with Gasteiger partial charge in [-0.25, -0.2) is 4.98 Å². The Morgan fingerprint density at radius 2 is 2.33 bits per heavy atom. The molecule has 1 amide bonds. The Morgan fingerprint density at radius 3 is 3.00 bits per heavy atom. The van der Waals surface area contributed by atoms with Crippen LogP contribution in [0.4, 0.5) is 5.13 Å². The zero-order valence-corrected chi connectivity index (χ0v) is 11.7. The van der Waals surface area contributed by atoms with E-state index in [-0.39, 0.29) is 5.91 Å². The van der Waals surface area contributed by atoms with E-state index >= 15 is 0 Å². The van der Waals surface area contributed by atoms with E-state index < -0.39 is 0 Å². The maximum atomic E-state index is 10.9. The van der Waals surface area contributed by atoms with Gasteiger partial charge in [-0.2, -0.15) is 0 Å². The van der Waals surface area contributed by atoms with Crippen LogP contribution in [0.1, 0.15) is 25.5 Å². The fraction of sp³-hybridized carbons (Fsp3) is 0.667. The van der Waals surface area contributed by atoms with E-state index in [0.29, 0.717) is 11.2 Å². The van der Waals surface area contributed by atoms with Crippen molar-refractivity contribution in [2.24, 2.45) is 0 Å². The van der Waals surface area contributed by atoms with Crippen molar-refractivity contribution in [3.8, 4) is 0 Å². The van der Waals surface area contributed by atoms with E-state index in [1.807, 2.05) is 5.38 Å². The van der Waals surface area contributed by atoms with Gasteiger partial charge in [-0.1, -0.05) is 0 Å². The predicted molar refractivity (Wildman–Crippen MR) is 73.8 cm³/mol. The Kier molecular flexibility index (Phi) is 4.68. The van der Waals surface area contributed by atoms with E-state index in [2.05, 4.69) is 27.6 Å². The number of thiazole rings is 1. The van der Waals surface area contributed by atoms with Gasteiger partial charge in [0.15, 0.2) is 5.13 Å². The third-order valence-electron chi connectivity index (χ3n) is 3.18. The van der Waals surface area contributed by atoms with Crippen molar-refractivity contribution in [3.63, 3.8) is 0 Å². The molecule has 0 spiro atoms. The number of hydrogen-bond donors (Lipinski definition) is 2. The highest BCUT2D eigenvalue weighted by Gasteiger charge is 2.18. The van der Waals surface area contributed by atoms with Gasteiger partial charge >= 0.3 is 0 Å². The molecule has 0 atom stereocenters. The molecule has 5 nitrogen and oxygen atoms in total. The molecule has 6 heteroatoms. The van der Waals surface area contributed by atoms with Crippen LogP contribution in [-0.2, 0) is 11.3 Å². The summed E-state index contributed by atoms with van der Waals surface area (Å²) < 4.78 is 0. The summed E-state index contributed by atoms with van der Waals surface area (Å²) in [7, 11) is 2.15. The quantitative estimate of drug-likeness (QED) is 0.864. The average molecular weight is 268 g/mol. The lowest BCUT2D eigenvalue weighted by Gasteiger charge is -2.31. The van der Waals surface area contributed by atoms with Gasteiger partial charge in [0.05, 0.1) is 5.69 Å². The van der Waals surface area contributed by atoms with Gasteiger partial charge < -0.3 is 10.6 Å². The molecule has 1 saturated heterocycles. The van der Waals surface area contributed by atoms with Gasteiger partial charge in [-0.05, 0) is 33.0 Å². The standard InChI is InChI=1S/C12H20N4OS/c1-9(17)14-12-15-10(8-18-12)7-16(2)11-3-5-13-6-4-11/h8,11,13H,3-7H2,1-2H3,(H,14,15,17). The van der Waals surface area contributed by atoms with Crippen LogP contribution in [0, 0.1) is 0 Å². The lowest BCUT2D eigenvalue weighted by molar-refractivity contribution is -0.114. The van der Waals surface area contributed by atoms with Gasteiger partial charge in [-0.3, -0.25) is 9.69 Å². The Bertz CT molecular complexity index is 401. The molecule has 1 aliphatic heterocycles. The molecule has 0 radical (unpaired) electrons. The molecule has 18 heavy (non-hydrogen) atoms. The molecule has 2 N–H and O–H groups in total. The highest BCUT2D eigenvalue weighted by molar-refractivity contribution is 7.13. The van der Waals surface area contributed by atoms with Gasteiger partial charge in [0.1, 0.15) is 0 Å². The first-order valence-electron chi connectivity index (χ1n) is 6.28. The number of anilines is 1. The number of hydrogen-bond acceptors (Lipinski definition) is 5. The van der Waals surface area contributed by atoms with Crippen LogP contribution in [0.2, 0.25) is 0 Å². The number of aromatic nitrogens is 1. The van der Waals surface area contributed by atoms with Gasteiger partial charge in [0.25, 0.3) is 0 Å². The summed E-state index contributed by atoms with van der Waals surface area (Å²) in [4.78, 5) is 17.7. The van der Waals surface area contributed by atoms with Gasteiger partial charge in [0.2, 0.25) is 5.91 Å². The third-order valence-corrected chi connectivity index (χ3v) is 3.98. The first-order valence-corrected chi connectivity index (χ1v) is 7.16. The maximum Gasteiger partial charge on any atom is 0.223 e. The van der Waals surface area contributed by atoms with Crippen LogP contribution >= 0.6 is 11.3 Å². The number of nitrogens with zero attached hydrogens (tertiary/aromatic N) is 2. The number of piperidine rings is 1. The van der Waals surface area contributed by atoms with Crippen molar-refractivity contribution in [2.45, 2.75) is 32.4 Å². The number of rotatable bonds is 4. The van der Waals surface area contributed by atoms with Crippen LogP contribution in [0.5, 0.6) is 0 Å². The second-order valence-corrected chi connectivity index (χ2v) is 5.58. The van der Waals surface area contributed by atoms with Gasteiger partial charge in [0, 0.05) is 24.9 Å². The molecule has 1 aromatic heterocycles. The van der Waals surface area contributed by atoms with E-state index in [1.165, 1.54) is 31.1 Å². The van der Waals surface area contributed by atoms with E-state index in [1.54, 1.807) is 0 Å². The van der Waals surface area contributed by atoms with Crippen LogP contribution in [-0.4, -0.2) is 42.0 Å². The number of carbonyl (C=O) groups excluding carboxylic acids is 1. The van der Waals surface area contributed by atoms with Crippen molar-refractivity contribution in [1.29, 1.82) is 0 Å². The first kappa shape index (κ1) is 13.5. The van der Waals surface area contributed by atoms with Crippen molar-refractivity contribution < 1.29 is 4.79 Å². The normalized spacial score (nSPS) is 17.1. The highest BCUT2D eigenvalue weighted by atomic mass is 32.1. The van der Waals surface area contributed by atoms with Crippen LogP contribution in [0.25, 0.3) is 0 Å². The SMILES string of the molecule is CC(=O)Nc1nc(CN(C)C2CCNCC2)cs1. The lowest BCUT2D eigenvalue weighted by Crippen LogP contribution is -2.40. The molecule has 1 aromatic rings. The van der Waals surface area contributed by atoms with Crippen LogP contribution < -0.4 is 10.6 Å². The lowest BCUT2D eigenvalue weighted by atomic mass is 10.1. The molecular formula is C12H20N4OS. The number of nitrogens with one attached hydrogen (secondary N) is 2. The zero-order chi connectivity index (χ0) is 13.0. The summed E-state index contributed by atoms with van der Waals surface area (Å²) in [6.07, 6.45) is 2.39. The van der Waals surface area contributed by atoms with Crippen molar-refractivity contribution in [1.82, 2.24) is 15.2 Å². The van der Waals surface area contributed by atoms with E-state index in [0.717, 1.165) is 25.3 Å². The molecule has 0 saturated carbocycles. The molecule has 0 unspecified atom stereocenters. The minimum Gasteiger partial charge on any atom is -0.317 e. The smallest absolute Gasteiger partial charge is 0.223 e. The van der Waals surface area contributed by atoms with Crippen molar-refractivity contribution >= 4 is 22.4 Å². The summed E-state index contributed by atoms with van der Waals surface area (Å²) >= 11 is 1.48. The minimum absolute atomic E-state index is 0.0670. The minimum atomic E-state index is -0.0670. The second-order valence-electron chi connectivity index (χ2n) is 4.72. The summed E-state index contributed by atoms with van der Waals surface area (Å²) in [5.74, 6) is -0.0670. The largest absolute Gasteiger partial charge is 0.317 e. The average Bonchev–Trinajstić information content (AvgIpc) is 2.76. The number of amides is 1. The Balaban J connectivity index is 1.87. The van der Waals surface area contributed by atoms with E-state index in [4.69, 9.17) is 0 Å². The molecule has 0 bridgehead atoms. The molecule has 2 heterocycles. The topological polar surface area (TPSA) is 57.3 Å². The Labute approximate surface area is 112 Å². The zero-order valence-electron chi connectivity index (χ0n) is 10.9. The second kappa shape index (κ2) is 6.26. The highest BCUT2D eigenvalue weighted by Crippen LogP contribution is 2.18. The molecular weight excluding hydrogens is 248 g/mol. The predicted octanol–water partition coefficient (Wildman–Crippen LogP) is 1.29. The van der Waals surface area contributed by atoms with Crippen LogP contribution in [0.3, 0.4) is 0 Å². The molecule has 1 aliphatic rings. The van der Waals surface area contributed by atoms with E-state index in [9.17, 15) is 4.79 Å². The Hall–Kier alpha value is -0.980. The molecule has 2 rings (SSSR count). The fourth-order valence-corrected chi connectivity index (χ4v) is 2.97. The molecule has 0 aromatic carbocycles. The van der Waals surface area contributed by atoms with Crippen LogP contribution in [0.15, 0.2) is 5.38 Å². The monoisotopic (exact) mass is 268 g/mol. The number of carbonyl (C=O) groups is 1. The molecule has 0 aliphatic carbocycles. The Morgan fingerprint density at radius 1 is 1.61 bits per heavy atom.